The Morgan fingerprint density at radius 3 is 2.55 bits per heavy atom. The summed E-state index contributed by atoms with van der Waals surface area (Å²) in [4.78, 5) is 16.7. The molecule has 6 nitrogen and oxygen atoms in total. The van der Waals surface area contributed by atoms with Gasteiger partial charge in [0.1, 0.15) is 5.75 Å². The van der Waals surface area contributed by atoms with E-state index in [0.717, 1.165) is 44.0 Å². The van der Waals surface area contributed by atoms with Crippen LogP contribution in [0.15, 0.2) is 65.8 Å². The van der Waals surface area contributed by atoms with Crippen molar-refractivity contribution in [1.82, 2.24) is 10.3 Å². The number of ether oxygens (including phenoxy) is 1. The number of rotatable bonds is 8. The van der Waals surface area contributed by atoms with E-state index < -0.39 is 0 Å². The van der Waals surface area contributed by atoms with Crippen LogP contribution in [0.4, 0.5) is 5.69 Å². The summed E-state index contributed by atoms with van der Waals surface area (Å²) in [5, 5.41) is 3.98. The van der Waals surface area contributed by atoms with Gasteiger partial charge in [-0.05, 0) is 30.4 Å². The molecular formula is C23H28N4O2. The first kappa shape index (κ1) is 20.6. The van der Waals surface area contributed by atoms with Crippen LogP contribution in [0.2, 0.25) is 0 Å². The minimum Gasteiger partial charge on any atom is -0.496 e. The zero-order chi connectivity index (χ0) is 20.3. The lowest BCUT2D eigenvalue weighted by Crippen LogP contribution is -2.47. The number of hydrogen-bond acceptors (Lipinski definition) is 5. The minimum absolute atomic E-state index is 0.0718. The molecule has 0 aromatic heterocycles. The summed E-state index contributed by atoms with van der Waals surface area (Å²) < 4.78 is 5.29. The van der Waals surface area contributed by atoms with Gasteiger partial charge in [-0.15, -0.1) is 0 Å². The fourth-order valence-electron chi connectivity index (χ4n) is 3.29. The first-order valence-corrected chi connectivity index (χ1v) is 9.90. The van der Waals surface area contributed by atoms with E-state index in [9.17, 15) is 4.79 Å². The van der Waals surface area contributed by atoms with Crippen LogP contribution in [0.5, 0.6) is 5.75 Å². The second-order valence-corrected chi connectivity index (χ2v) is 6.83. The number of nitrogens with one attached hydrogen (secondary N) is 1. The van der Waals surface area contributed by atoms with Gasteiger partial charge in [0.05, 0.1) is 7.11 Å². The summed E-state index contributed by atoms with van der Waals surface area (Å²) in [6.07, 6.45) is 5.68. The summed E-state index contributed by atoms with van der Waals surface area (Å²) in [6, 6.07) is 18.2. The molecule has 1 fully saturated rings. The highest BCUT2D eigenvalue weighted by Crippen LogP contribution is 2.18. The van der Waals surface area contributed by atoms with Crippen molar-refractivity contribution < 1.29 is 9.53 Å². The van der Waals surface area contributed by atoms with E-state index in [0.29, 0.717) is 6.42 Å². The standard InChI is InChI=1S/C23H28N4O2/c1-29-22-12-6-5-8-20(22)9-7-14-24-25-23(28)13-15-26-16-18-27(19-17-26)21-10-3-2-4-11-21/h2-12,14H,13,15-19H2,1H3,(H,25,28). The van der Waals surface area contributed by atoms with Crippen LogP contribution in [-0.4, -0.2) is 56.9 Å². The van der Waals surface area contributed by atoms with Crippen LogP contribution in [-0.2, 0) is 4.79 Å². The molecule has 0 spiro atoms. The Bertz CT molecular complexity index is 828. The lowest BCUT2D eigenvalue weighted by atomic mass is 10.2. The van der Waals surface area contributed by atoms with Crippen molar-refractivity contribution in [3.05, 3.63) is 66.2 Å². The van der Waals surface area contributed by atoms with Crippen molar-refractivity contribution in [2.75, 3.05) is 44.7 Å². The minimum atomic E-state index is -0.0718. The molecule has 3 rings (SSSR count). The summed E-state index contributed by atoms with van der Waals surface area (Å²) in [7, 11) is 1.64. The van der Waals surface area contributed by atoms with E-state index in [1.165, 1.54) is 5.69 Å². The topological polar surface area (TPSA) is 57.2 Å². The highest BCUT2D eigenvalue weighted by molar-refractivity contribution is 5.82. The number of benzene rings is 2. The van der Waals surface area contributed by atoms with Gasteiger partial charge in [-0.3, -0.25) is 9.69 Å². The van der Waals surface area contributed by atoms with Gasteiger partial charge in [-0.2, -0.15) is 5.10 Å². The number of hydrogen-bond donors (Lipinski definition) is 1. The van der Waals surface area contributed by atoms with Crippen molar-refractivity contribution in [2.24, 2.45) is 5.10 Å². The lowest BCUT2D eigenvalue weighted by Gasteiger charge is -2.36. The number of anilines is 1. The maximum atomic E-state index is 12.0. The predicted octanol–water partition coefficient (Wildman–Crippen LogP) is 3.02. The van der Waals surface area contributed by atoms with Gasteiger partial charge in [0.15, 0.2) is 0 Å². The van der Waals surface area contributed by atoms with E-state index in [2.05, 4.69) is 44.6 Å². The SMILES string of the molecule is COc1ccccc1C=CC=NNC(=O)CCN1CCN(c2ccccc2)CC1. The molecule has 1 aliphatic heterocycles. The lowest BCUT2D eigenvalue weighted by molar-refractivity contribution is -0.121. The first-order valence-electron chi connectivity index (χ1n) is 9.90. The quantitative estimate of drug-likeness (QED) is 0.554. The molecule has 0 unspecified atom stereocenters. The molecule has 0 radical (unpaired) electrons. The monoisotopic (exact) mass is 392 g/mol. The van der Waals surface area contributed by atoms with Crippen molar-refractivity contribution in [1.29, 1.82) is 0 Å². The molecule has 1 N–H and O–H groups in total. The van der Waals surface area contributed by atoms with Gasteiger partial charge >= 0.3 is 0 Å². The Kier molecular flexibility index (Phi) is 7.83. The normalized spacial score (nSPS) is 15.1. The van der Waals surface area contributed by atoms with Crippen LogP contribution in [0.1, 0.15) is 12.0 Å². The highest BCUT2D eigenvalue weighted by Gasteiger charge is 2.17. The number of piperazine rings is 1. The molecule has 2 aromatic carbocycles. The first-order chi connectivity index (χ1) is 14.3. The summed E-state index contributed by atoms with van der Waals surface area (Å²) in [6.45, 7) is 4.65. The Hall–Kier alpha value is -3.12. The molecule has 1 amide bonds. The third-order valence-corrected chi connectivity index (χ3v) is 4.91. The number of amides is 1. The number of carbonyl (C=O) groups excluding carboxylic acids is 1. The van der Waals surface area contributed by atoms with Crippen molar-refractivity contribution in [3.63, 3.8) is 0 Å². The van der Waals surface area contributed by atoms with Gasteiger partial charge in [0.25, 0.3) is 0 Å². The van der Waals surface area contributed by atoms with E-state index in [-0.39, 0.29) is 5.91 Å². The molecule has 2 aromatic rings. The number of allylic oxidation sites excluding steroid dienone is 1. The third kappa shape index (κ3) is 6.47. The molecular weight excluding hydrogens is 364 g/mol. The summed E-state index contributed by atoms with van der Waals surface area (Å²) in [5.74, 6) is 0.728. The molecule has 0 aliphatic carbocycles. The predicted molar refractivity (Wildman–Crippen MR) is 118 cm³/mol. The number of nitrogens with zero attached hydrogens (tertiary/aromatic N) is 3. The maximum absolute atomic E-state index is 12.0. The Balaban J connectivity index is 1.34. The van der Waals surface area contributed by atoms with E-state index in [1.54, 1.807) is 19.4 Å². The zero-order valence-corrected chi connectivity index (χ0v) is 16.8. The van der Waals surface area contributed by atoms with E-state index >= 15 is 0 Å². The second kappa shape index (κ2) is 11.0. The average molecular weight is 393 g/mol. The summed E-state index contributed by atoms with van der Waals surface area (Å²) in [5.41, 5.74) is 4.81. The van der Waals surface area contributed by atoms with Crippen LogP contribution in [0.25, 0.3) is 6.08 Å². The summed E-state index contributed by atoms with van der Waals surface area (Å²) >= 11 is 0. The van der Waals surface area contributed by atoms with Gasteiger partial charge in [0, 0.05) is 56.6 Å². The number of para-hydroxylation sites is 2. The molecule has 1 heterocycles. The van der Waals surface area contributed by atoms with Crippen LogP contribution in [0, 0.1) is 0 Å². The second-order valence-electron chi connectivity index (χ2n) is 6.83. The number of hydrazone groups is 1. The Morgan fingerprint density at radius 2 is 1.79 bits per heavy atom. The van der Waals surface area contributed by atoms with Gasteiger partial charge in [-0.1, -0.05) is 36.4 Å². The fourth-order valence-corrected chi connectivity index (χ4v) is 3.29. The molecule has 152 valence electrons. The Labute approximate surface area is 172 Å². The van der Waals surface area contributed by atoms with E-state index in [1.807, 2.05) is 36.4 Å². The van der Waals surface area contributed by atoms with Gasteiger partial charge in [-0.25, -0.2) is 5.43 Å². The molecule has 29 heavy (non-hydrogen) atoms. The largest absolute Gasteiger partial charge is 0.496 e. The highest BCUT2D eigenvalue weighted by atomic mass is 16.5. The number of carbonyl (C=O) groups is 1. The van der Waals surface area contributed by atoms with Crippen LogP contribution < -0.4 is 15.1 Å². The van der Waals surface area contributed by atoms with Gasteiger partial charge in [0.2, 0.25) is 5.91 Å². The van der Waals surface area contributed by atoms with Crippen molar-refractivity contribution >= 4 is 23.9 Å². The maximum Gasteiger partial charge on any atom is 0.241 e. The average Bonchev–Trinajstić information content (AvgIpc) is 2.78. The van der Waals surface area contributed by atoms with E-state index in [4.69, 9.17) is 4.74 Å². The van der Waals surface area contributed by atoms with Crippen LogP contribution >= 0.6 is 0 Å². The molecule has 6 heteroatoms. The smallest absolute Gasteiger partial charge is 0.241 e. The number of methoxy groups -OCH3 is 1. The zero-order valence-electron chi connectivity index (χ0n) is 16.8. The van der Waals surface area contributed by atoms with Crippen molar-refractivity contribution in [3.8, 4) is 5.75 Å². The third-order valence-electron chi connectivity index (χ3n) is 4.91. The van der Waals surface area contributed by atoms with Crippen LogP contribution in [0.3, 0.4) is 0 Å². The molecule has 1 aliphatic rings. The molecule has 1 saturated heterocycles. The Morgan fingerprint density at radius 1 is 1.07 bits per heavy atom. The molecule has 0 bridgehead atoms. The molecule has 0 saturated carbocycles. The molecule has 0 atom stereocenters. The van der Waals surface area contributed by atoms with Crippen molar-refractivity contribution in [2.45, 2.75) is 6.42 Å². The van der Waals surface area contributed by atoms with Gasteiger partial charge < -0.3 is 9.64 Å². The fraction of sp³-hybridized carbons (Fsp3) is 0.304.